The van der Waals surface area contributed by atoms with Gasteiger partial charge in [0, 0.05) is 17.7 Å². The molecule has 0 heterocycles. The zero-order valence-electron chi connectivity index (χ0n) is 11.0. The van der Waals surface area contributed by atoms with Gasteiger partial charge in [0.05, 0.1) is 18.1 Å². The first kappa shape index (κ1) is 17.5. The van der Waals surface area contributed by atoms with E-state index in [-0.39, 0.29) is 29.6 Å². The summed E-state index contributed by atoms with van der Waals surface area (Å²) in [4.78, 5) is 10.3. The normalized spacial score (nSPS) is 11.5. The molecule has 0 aliphatic rings. The summed E-state index contributed by atoms with van der Waals surface area (Å²) < 4.78 is 4.92. The van der Waals surface area contributed by atoms with Crippen LogP contribution >= 0.6 is 12.4 Å². The van der Waals surface area contributed by atoms with Crippen molar-refractivity contribution in [3.8, 4) is 11.5 Å². The smallest absolute Gasteiger partial charge is 0.273 e. The number of hydrogen-bond donors (Lipinski definition) is 2. The van der Waals surface area contributed by atoms with Crippen LogP contribution in [-0.4, -0.2) is 17.1 Å². The van der Waals surface area contributed by atoms with Gasteiger partial charge in [-0.05, 0) is 6.42 Å². The van der Waals surface area contributed by atoms with Crippen molar-refractivity contribution in [3.63, 3.8) is 0 Å². The van der Waals surface area contributed by atoms with Gasteiger partial charge in [0.2, 0.25) is 0 Å². The van der Waals surface area contributed by atoms with Crippen LogP contribution in [0.1, 0.15) is 37.8 Å². The van der Waals surface area contributed by atoms with Crippen LogP contribution in [0.25, 0.3) is 0 Å². The second kappa shape index (κ2) is 7.81. The summed E-state index contributed by atoms with van der Waals surface area (Å²) in [7, 11) is 1.35. The van der Waals surface area contributed by atoms with Crippen molar-refractivity contribution in [1.82, 2.24) is 0 Å². The highest BCUT2D eigenvalue weighted by atomic mass is 35.5. The molecule has 0 aliphatic heterocycles. The van der Waals surface area contributed by atoms with Crippen molar-refractivity contribution in [3.05, 3.63) is 27.8 Å². The summed E-state index contributed by atoms with van der Waals surface area (Å²) in [6.07, 6.45) is 2.53. The Hall–Kier alpha value is -1.53. The molecule has 0 saturated heterocycles. The van der Waals surface area contributed by atoms with Crippen molar-refractivity contribution in [2.75, 3.05) is 7.11 Å². The molecule has 19 heavy (non-hydrogen) atoms. The monoisotopic (exact) mass is 290 g/mol. The number of benzene rings is 1. The van der Waals surface area contributed by atoms with E-state index in [0.29, 0.717) is 12.0 Å². The minimum atomic E-state index is -0.530. The third-order valence-corrected chi connectivity index (χ3v) is 2.79. The molecule has 1 rings (SSSR count). The lowest BCUT2D eigenvalue weighted by Gasteiger charge is -2.15. The second-order valence-corrected chi connectivity index (χ2v) is 4.09. The number of phenols is 1. The van der Waals surface area contributed by atoms with E-state index < -0.39 is 11.0 Å². The van der Waals surface area contributed by atoms with Gasteiger partial charge in [-0.1, -0.05) is 19.8 Å². The first-order chi connectivity index (χ1) is 8.51. The average molecular weight is 291 g/mol. The molecule has 0 amide bonds. The minimum Gasteiger partial charge on any atom is -0.504 e. The fourth-order valence-electron chi connectivity index (χ4n) is 1.74. The Morgan fingerprint density at radius 1 is 1.53 bits per heavy atom. The number of non-ortho nitro benzene ring substituents is 1. The highest BCUT2D eigenvalue weighted by Gasteiger charge is 2.20. The molecule has 0 bridgehead atoms. The number of nitrogens with two attached hydrogens (primary N) is 1. The summed E-state index contributed by atoms with van der Waals surface area (Å²) in [5.41, 5.74) is 6.16. The standard InChI is InChI=1S/C12H18N2O4.ClH/c1-3-4-5-10(13)9-6-8(14(16)17)7-11(18-2)12(9)15;/h6-7,10,15H,3-5,13H2,1-2H3;1H/t10-;/m1./s1. The molecule has 3 N–H and O–H groups in total. The van der Waals surface area contributed by atoms with Crippen molar-refractivity contribution >= 4 is 18.1 Å². The molecule has 6 nitrogen and oxygen atoms in total. The number of nitro benzene ring substituents is 1. The average Bonchev–Trinajstić information content (AvgIpc) is 2.35. The Kier molecular flexibility index (Phi) is 7.18. The molecular weight excluding hydrogens is 272 g/mol. The molecule has 0 saturated carbocycles. The number of phenolic OH excluding ortho intramolecular Hbond substituents is 1. The molecule has 1 atom stereocenters. The van der Waals surface area contributed by atoms with Gasteiger partial charge in [0.25, 0.3) is 5.69 Å². The van der Waals surface area contributed by atoms with E-state index in [2.05, 4.69) is 0 Å². The van der Waals surface area contributed by atoms with E-state index in [1.54, 1.807) is 0 Å². The van der Waals surface area contributed by atoms with Crippen LogP contribution in [0.4, 0.5) is 5.69 Å². The van der Waals surface area contributed by atoms with Crippen LogP contribution in [0.2, 0.25) is 0 Å². The predicted octanol–water partition coefficient (Wildman–Crippen LogP) is 2.92. The fraction of sp³-hybridized carbons (Fsp3) is 0.500. The SMILES string of the molecule is CCCC[C@@H](N)c1cc([N+](=O)[O-])cc(OC)c1O.Cl. The van der Waals surface area contributed by atoms with E-state index in [1.807, 2.05) is 6.92 Å². The summed E-state index contributed by atoms with van der Waals surface area (Å²) in [5.74, 6) is -0.0437. The van der Waals surface area contributed by atoms with Crippen LogP contribution in [0, 0.1) is 10.1 Å². The largest absolute Gasteiger partial charge is 0.504 e. The van der Waals surface area contributed by atoms with Gasteiger partial charge < -0.3 is 15.6 Å². The molecule has 1 aromatic carbocycles. The van der Waals surface area contributed by atoms with Gasteiger partial charge >= 0.3 is 0 Å². The summed E-state index contributed by atoms with van der Waals surface area (Å²) in [6.45, 7) is 2.03. The highest BCUT2D eigenvalue weighted by molar-refractivity contribution is 5.85. The number of methoxy groups -OCH3 is 1. The first-order valence-corrected chi connectivity index (χ1v) is 5.82. The maximum absolute atomic E-state index is 10.8. The van der Waals surface area contributed by atoms with Crippen molar-refractivity contribution in [2.24, 2.45) is 5.73 Å². The quantitative estimate of drug-likeness (QED) is 0.620. The number of hydrogen-bond acceptors (Lipinski definition) is 5. The van der Waals surface area contributed by atoms with E-state index >= 15 is 0 Å². The fourth-order valence-corrected chi connectivity index (χ4v) is 1.74. The Bertz CT molecular complexity index is 440. The van der Waals surface area contributed by atoms with Crippen molar-refractivity contribution < 1.29 is 14.8 Å². The summed E-state index contributed by atoms with van der Waals surface area (Å²) >= 11 is 0. The lowest BCUT2D eigenvalue weighted by molar-refractivity contribution is -0.385. The van der Waals surface area contributed by atoms with Crippen LogP contribution in [0.5, 0.6) is 11.5 Å². The third kappa shape index (κ3) is 4.25. The molecular formula is C12H19ClN2O4. The van der Waals surface area contributed by atoms with Crippen molar-refractivity contribution in [2.45, 2.75) is 32.2 Å². The highest BCUT2D eigenvalue weighted by Crippen LogP contribution is 2.38. The molecule has 0 fully saturated rings. The van der Waals surface area contributed by atoms with E-state index in [4.69, 9.17) is 10.5 Å². The minimum absolute atomic E-state index is 0. The molecule has 1 aromatic rings. The lowest BCUT2D eigenvalue weighted by Crippen LogP contribution is -2.11. The number of unbranched alkanes of at least 4 members (excludes halogenated alkanes) is 1. The predicted molar refractivity (Wildman–Crippen MR) is 75.0 cm³/mol. The zero-order valence-corrected chi connectivity index (χ0v) is 11.8. The second-order valence-electron chi connectivity index (χ2n) is 4.09. The molecule has 7 heteroatoms. The van der Waals surface area contributed by atoms with Gasteiger partial charge in [-0.3, -0.25) is 10.1 Å². The number of aromatic hydroxyl groups is 1. The topological polar surface area (TPSA) is 98.6 Å². The number of halogens is 1. The molecule has 0 aliphatic carbocycles. The third-order valence-electron chi connectivity index (χ3n) is 2.79. The number of rotatable bonds is 6. The number of nitrogens with zero attached hydrogens (tertiary/aromatic N) is 1. The van der Waals surface area contributed by atoms with Gasteiger partial charge in [-0.25, -0.2) is 0 Å². The Labute approximate surface area is 118 Å². The van der Waals surface area contributed by atoms with Gasteiger partial charge in [0.1, 0.15) is 0 Å². The maximum atomic E-state index is 10.8. The Balaban J connectivity index is 0.00000324. The first-order valence-electron chi connectivity index (χ1n) is 5.82. The van der Waals surface area contributed by atoms with Crippen LogP contribution < -0.4 is 10.5 Å². The Morgan fingerprint density at radius 2 is 2.16 bits per heavy atom. The van der Waals surface area contributed by atoms with E-state index in [9.17, 15) is 15.2 Å². The zero-order chi connectivity index (χ0) is 13.7. The van der Waals surface area contributed by atoms with Gasteiger partial charge in [-0.15, -0.1) is 12.4 Å². The summed E-state index contributed by atoms with van der Waals surface area (Å²) in [5, 5.41) is 20.7. The molecule has 0 spiro atoms. The Morgan fingerprint density at radius 3 is 2.63 bits per heavy atom. The molecule has 0 unspecified atom stereocenters. The molecule has 0 radical (unpaired) electrons. The lowest BCUT2D eigenvalue weighted by atomic mass is 10.00. The number of nitro groups is 1. The van der Waals surface area contributed by atoms with E-state index in [1.165, 1.54) is 19.2 Å². The molecule has 0 aromatic heterocycles. The number of ether oxygens (including phenoxy) is 1. The summed E-state index contributed by atoms with van der Waals surface area (Å²) in [6, 6.07) is 2.06. The maximum Gasteiger partial charge on any atom is 0.273 e. The van der Waals surface area contributed by atoms with Crippen LogP contribution in [0.15, 0.2) is 12.1 Å². The van der Waals surface area contributed by atoms with Crippen LogP contribution in [0.3, 0.4) is 0 Å². The van der Waals surface area contributed by atoms with Gasteiger partial charge in [-0.2, -0.15) is 0 Å². The van der Waals surface area contributed by atoms with Gasteiger partial charge in [0.15, 0.2) is 11.5 Å². The van der Waals surface area contributed by atoms with E-state index in [0.717, 1.165) is 12.8 Å². The van der Waals surface area contributed by atoms with Crippen LogP contribution in [-0.2, 0) is 0 Å². The van der Waals surface area contributed by atoms with Crippen molar-refractivity contribution in [1.29, 1.82) is 0 Å². The molecule has 108 valence electrons.